The second-order valence-corrected chi connectivity index (χ2v) is 9.23. The molecule has 3 amide bonds. The zero-order chi connectivity index (χ0) is 24.8. The molecule has 2 aliphatic heterocycles. The number of nitrogens with one attached hydrogen (secondary N) is 2. The number of carbonyl (C=O) groups is 3. The Kier molecular flexibility index (Phi) is 7.91. The van der Waals surface area contributed by atoms with Gasteiger partial charge in [-0.2, -0.15) is 0 Å². The summed E-state index contributed by atoms with van der Waals surface area (Å²) in [5.74, 6) is 0.374. The highest BCUT2D eigenvalue weighted by molar-refractivity contribution is 5.97. The summed E-state index contributed by atoms with van der Waals surface area (Å²) in [7, 11) is 0. The molecule has 186 valence electrons. The van der Waals surface area contributed by atoms with Gasteiger partial charge in [-0.15, -0.1) is 0 Å². The van der Waals surface area contributed by atoms with Gasteiger partial charge < -0.3 is 20.4 Å². The maximum atomic E-state index is 13.1. The number of nitrogens with zero attached hydrogens (tertiary/aromatic N) is 5. The van der Waals surface area contributed by atoms with Crippen LogP contribution in [0.3, 0.4) is 0 Å². The summed E-state index contributed by atoms with van der Waals surface area (Å²) in [6.07, 6.45) is 3.36. The SMILES string of the molecule is CC(C)c1ccc(NC(=O)C[C@@H]2C(=O)NCCN2C(=O)CN2CCN(c3ncccn3)CC2)cc1. The Bertz CT molecular complexity index is 1020. The standard InChI is InChI=1S/C25H33N7O3/c1-18(2)19-4-6-20(7-5-19)29-22(33)16-21-24(35)26-10-11-32(21)23(34)17-30-12-14-31(15-13-30)25-27-8-3-9-28-25/h3-9,18,21H,10-17H2,1-2H3,(H,26,35)(H,29,33)/t21-/m1/s1. The fourth-order valence-corrected chi connectivity index (χ4v) is 4.40. The van der Waals surface area contributed by atoms with E-state index >= 15 is 0 Å². The first-order chi connectivity index (χ1) is 16.9. The molecule has 1 atom stereocenters. The Balaban J connectivity index is 1.31. The zero-order valence-corrected chi connectivity index (χ0v) is 20.3. The monoisotopic (exact) mass is 479 g/mol. The van der Waals surface area contributed by atoms with Gasteiger partial charge in [-0.25, -0.2) is 9.97 Å². The zero-order valence-electron chi connectivity index (χ0n) is 20.3. The van der Waals surface area contributed by atoms with E-state index in [0.717, 1.165) is 13.1 Å². The molecule has 0 unspecified atom stereocenters. The van der Waals surface area contributed by atoms with E-state index < -0.39 is 6.04 Å². The summed E-state index contributed by atoms with van der Waals surface area (Å²) in [4.78, 5) is 52.7. The minimum absolute atomic E-state index is 0.0807. The fourth-order valence-electron chi connectivity index (χ4n) is 4.40. The molecule has 2 N–H and O–H groups in total. The normalized spacial score (nSPS) is 18.9. The number of rotatable bonds is 7. The molecule has 0 spiro atoms. The molecule has 2 aromatic rings. The van der Waals surface area contributed by atoms with Crippen LogP contribution in [0.2, 0.25) is 0 Å². The van der Waals surface area contributed by atoms with Gasteiger partial charge in [0.1, 0.15) is 6.04 Å². The average molecular weight is 480 g/mol. The van der Waals surface area contributed by atoms with Crippen molar-refractivity contribution in [2.75, 3.05) is 56.0 Å². The first-order valence-electron chi connectivity index (χ1n) is 12.1. The van der Waals surface area contributed by atoms with Crippen molar-refractivity contribution in [2.24, 2.45) is 0 Å². The van der Waals surface area contributed by atoms with Crippen molar-refractivity contribution < 1.29 is 14.4 Å². The number of amides is 3. The molecule has 1 aromatic carbocycles. The molecule has 10 heteroatoms. The Morgan fingerprint density at radius 1 is 1.06 bits per heavy atom. The van der Waals surface area contributed by atoms with E-state index in [-0.39, 0.29) is 30.7 Å². The van der Waals surface area contributed by atoms with Crippen LogP contribution in [0.5, 0.6) is 0 Å². The van der Waals surface area contributed by atoms with Crippen molar-refractivity contribution in [3.05, 3.63) is 48.3 Å². The van der Waals surface area contributed by atoms with Crippen molar-refractivity contribution in [3.8, 4) is 0 Å². The molecule has 4 rings (SSSR count). The third-order valence-electron chi connectivity index (χ3n) is 6.46. The van der Waals surface area contributed by atoms with E-state index in [1.54, 1.807) is 23.4 Å². The summed E-state index contributed by atoms with van der Waals surface area (Å²) in [5.41, 5.74) is 1.86. The largest absolute Gasteiger partial charge is 0.353 e. The van der Waals surface area contributed by atoms with Crippen molar-refractivity contribution in [1.82, 2.24) is 25.1 Å². The van der Waals surface area contributed by atoms with Crippen LogP contribution in [0.15, 0.2) is 42.7 Å². The Hall–Kier alpha value is -3.53. The number of hydrogen-bond acceptors (Lipinski definition) is 7. The first kappa shape index (κ1) is 24.6. The van der Waals surface area contributed by atoms with Crippen molar-refractivity contribution >= 4 is 29.4 Å². The Morgan fingerprint density at radius 3 is 2.40 bits per heavy atom. The fraction of sp³-hybridized carbons (Fsp3) is 0.480. The van der Waals surface area contributed by atoms with Crippen molar-refractivity contribution in [1.29, 1.82) is 0 Å². The molecule has 1 aromatic heterocycles. The van der Waals surface area contributed by atoms with Gasteiger partial charge in [0.05, 0.1) is 13.0 Å². The smallest absolute Gasteiger partial charge is 0.243 e. The molecular formula is C25H33N7O3. The number of anilines is 2. The molecule has 10 nitrogen and oxygen atoms in total. The maximum absolute atomic E-state index is 13.1. The van der Waals surface area contributed by atoms with Crippen molar-refractivity contribution in [2.45, 2.75) is 32.2 Å². The summed E-state index contributed by atoms with van der Waals surface area (Å²) in [6, 6.07) is 8.64. The molecule has 0 aliphatic carbocycles. The predicted molar refractivity (Wildman–Crippen MR) is 133 cm³/mol. The van der Waals surface area contributed by atoms with E-state index in [1.807, 2.05) is 24.3 Å². The van der Waals surface area contributed by atoms with Gasteiger partial charge in [0.15, 0.2) is 0 Å². The van der Waals surface area contributed by atoms with Crippen LogP contribution in [0.25, 0.3) is 0 Å². The second kappa shape index (κ2) is 11.3. The Morgan fingerprint density at radius 2 is 1.74 bits per heavy atom. The summed E-state index contributed by atoms with van der Waals surface area (Å²) in [6.45, 7) is 8.05. The molecule has 3 heterocycles. The lowest BCUT2D eigenvalue weighted by Crippen LogP contribution is -2.60. The highest BCUT2D eigenvalue weighted by Crippen LogP contribution is 2.18. The van der Waals surface area contributed by atoms with Gasteiger partial charge in [0, 0.05) is 57.3 Å². The molecule has 0 bridgehead atoms. The number of hydrogen-bond donors (Lipinski definition) is 2. The van der Waals surface area contributed by atoms with E-state index in [9.17, 15) is 14.4 Å². The summed E-state index contributed by atoms with van der Waals surface area (Å²) >= 11 is 0. The number of benzene rings is 1. The molecule has 0 radical (unpaired) electrons. The van der Waals surface area contributed by atoms with Crippen LogP contribution in [-0.4, -0.2) is 89.3 Å². The van der Waals surface area contributed by atoms with Crippen LogP contribution in [-0.2, 0) is 14.4 Å². The summed E-state index contributed by atoms with van der Waals surface area (Å²) < 4.78 is 0. The topological polar surface area (TPSA) is 111 Å². The van der Waals surface area contributed by atoms with E-state index in [2.05, 4.69) is 44.2 Å². The molecular weight excluding hydrogens is 446 g/mol. The van der Waals surface area contributed by atoms with Gasteiger partial charge in [0.2, 0.25) is 23.7 Å². The van der Waals surface area contributed by atoms with Crippen LogP contribution in [0, 0.1) is 0 Å². The Labute approximate surface area is 205 Å². The maximum Gasteiger partial charge on any atom is 0.243 e. The molecule has 2 fully saturated rings. The number of piperazine rings is 2. The van der Waals surface area contributed by atoms with Gasteiger partial charge in [0.25, 0.3) is 0 Å². The van der Waals surface area contributed by atoms with Crippen LogP contribution in [0.1, 0.15) is 31.7 Å². The van der Waals surface area contributed by atoms with Gasteiger partial charge in [-0.3, -0.25) is 19.3 Å². The van der Waals surface area contributed by atoms with E-state index in [1.165, 1.54) is 5.56 Å². The van der Waals surface area contributed by atoms with Gasteiger partial charge in [-0.05, 0) is 29.7 Å². The lowest BCUT2D eigenvalue weighted by molar-refractivity contribution is -0.145. The van der Waals surface area contributed by atoms with Gasteiger partial charge >= 0.3 is 0 Å². The third-order valence-corrected chi connectivity index (χ3v) is 6.46. The minimum Gasteiger partial charge on any atom is -0.353 e. The minimum atomic E-state index is -0.815. The quantitative estimate of drug-likeness (QED) is 0.611. The molecule has 2 saturated heterocycles. The van der Waals surface area contributed by atoms with Crippen LogP contribution in [0.4, 0.5) is 11.6 Å². The lowest BCUT2D eigenvalue weighted by Gasteiger charge is -2.38. The molecule has 35 heavy (non-hydrogen) atoms. The second-order valence-electron chi connectivity index (χ2n) is 9.23. The van der Waals surface area contributed by atoms with Gasteiger partial charge in [-0.1, -0.05) is 26.0 Å². The first-order valence-corrected chi connectivity index (χ1v) is 12.1. The number of aromatic nitrogens is 2. The highest BCUT2D eigenvalue weighted by atomic mass is 16.2. The molecule has 0 saturated carbocycles. The van der Waals surface area contributed by atoms with Crippen LogP contribution >= 0.6 is 0 Å². The van der Waals surface area contributed by atoms with E-state index in [0.29, 0.717) is 43.7 Å². The van der Waals surface area contributed by atoms with Crippen LogP contribution < -0.4 is 15.5 Å². The highest BCUT2D eigenvalue weighted by Gasteiger charge is 2.35. The molecule has 2 aliphatic rings. The lowest BCUT2D eigenvalue weighted by atomic mass is 10.0. The summed E-state index contributed by atoms with van der Waals surface area (Å²) in [5, 5.41) is 5.64. The van der Waals surface area contributed by atoms with E-state index in [4.69, 9.17) is 0 Å². The third kappa shape index (κ3) is 6.33. The average Bonchev–Trinajstić information content (AvgIpc) is 2.86. The predicted octanol–water partition coefficient (Wildman–Crippen LogP) is 1.08. The van der Waals surface area contributed by atoms with Crippen molar-refractivity contribution in [3.63, 3.8) is 0 Å². The number of carbonyl (C=O) groups excluding carboxylic acids is 3.